The summed E-state index contributed by atoms with van der Waals surface area (Å²) in [7, 11) is 1.49. The van der Waals surface area contributed by atoms with Crippen molar-refractivity contribution >= 4 is 18.3 Å². The van der Waals surface area contributed by atoms with E-state index in [0.717, 1.165) is 25.0 Å². The van der Waals surface area contributed by atoms with Gasteiger partial charge in [-0.2, -0.15) is 13.2 Å². The highest BCUT2D eigenvalue weighted by molar-refractivity contribution is 5.94. The lowest BCUT2D eigenvalue weighted by molar-refractivity contribution is -0.140. The predicted octanol–water partition coefficient (Wildman–Crippen LogP) is 3.61. The molecule has 0 bridgehead atoms. The molecule has 0 aromatic heterocycles. The van der Waals surface area contributed by atoms with Crippen LogP contribution >= 0.6 is 12.4 Å². The van der Waals surface area contributed by atoms with Crippen LogP contribution in [0.5, 0.6) is 0 Å². The third-order valence-electron chi connectivity index (χ3n) is 4.14. The number of nitrogens with two attached hydrogens (primary N) is 1. The molecule has 1 saturated carbocycles. The maximum atomic E-state index is 14.0. The Morgan fingerprint density at radius 1 is 1.22 bits per heavy atom. The Labute approximate surface area is 138 Å². The molecule has 8 heteroatoms. The van der Waals surface area contributed by atoms with Crippen LogP contribution in [0.1, 0.15) is 41.6 Å². The molecule has 0 saturated heterocycles. The van der Waals surface area contributed by atoms with Crippen LogP contribution in [0.2, 0.25) is 0 Å². The summed E-state index contributed by atoms with van der Waals surface area (Å²) in [5.41, 5.74) is 3.82. The number of hydrogen-bond acceptors (Lipinski definition) is 2. The van der Waals surface area contributed by atoms with Crippen molar-refractivity contribution in [2.24, 2.45) is 5.73 Å². The Balaban J connectivity index is 0.00000264. The monoisotopic (exact) mass is 354 g/mol. The Hall–Kier alpha value is -1.34. The Bertz CT molecular complexity index is 557. The molecule has 2 rings (SSSR count). The van der Waals surface area contributed by atoms with E-state index in [1.807, 2.05) is 0 Å². The quantitative estimate of drug-likeness (QED) is 0.825. The third kappa shape index (κ3) is 4.35. The first-order chi connectivity index (χ1) is 10.2. The summed E-state index contributed by atoms with van der Waals surface area (Å²) in [6.45, 7) is 0. The van der Waals surface area contributed by atoms with Crippen molar-refractivity contribution in [1.29, 1.82) is 0 Å². The second-order valence-corrected chi connectivity index (χ2v) is 5.65. The van der Waals surface area contributed by atoms with Gasteiger partial charge < -0.3 is 10.6 Å². The molecule has 0 heterocycles. The molecule has 1 aromatic carbocycles. The minimum absolute atomic E-state index is 0. The molecule has 130 valence electrons. The Morgan fingerprint density at radius 2 is 1.78 bits per heavy atom. The summed E-state index contributed by atoms with van der Waals surface area (Å²) in [5.74, 6) is -2.25. The second kappa shape index (κ2) is 7.49. The van der Waals surface area contributed by atoms with E-state index in [0.29, 0.717) is 18.9 Å². The number of halogens is 5. The Morgan fingerprint density at radius 3 is 2.30 bits per heavy atom. The summed E-state index contributed by atoms with van der Waals surface area (Å²) in [6, 6.07) is 2.72. The van der Waals surface area contributed by atoms with E-state index in [1.54, 1.807) is 0 Å². The fraction of sp³-hybridized carbons (Fsp3) is 0.533. The lowest BCUT2D eigenvalue weighted by Gasteiger charge is -2.33. The highest BCUT2D eigenvalue weighted by Crippen LogP contribution is 2.33. The molecule has 1 aliphatic carbocycles. The molecule has 1 fully saturated rings. The minimum Gasteiger partial charge on any atom is -0.339 e. The molecule has 2 N–H and O–H groups in total. The van der Waals surface area contributed by atoms with E-state index in [9.17, 15) is 22.4 Å². The van der Waals surface area contributed by atoms with Crippen molar-refractivity contribution in [3.05, 3.63) is 35.1 Å². The fourth-order valence-electron chi connectivity index (χ4n) is 2.76. The number of rotatable bonds is 2. The van der Waals surface area contributed by atoms with Crippen LogP contribution in [0.15, 0.2) is 18.2 Å². The Kier molecular flexibility index (Phi) is 6.41. The first kappa shape index (κ1) is 19.7. The molecular formula is C15H19ClF4N2O. The number of amides is 1. The molecule has 0 aliphatic heterocycles. The average molecular weight is 355 g/mol. The van der Waals surface area contributed by atoms with Gasteiger partial charge in [0.2, 0.25) is 0 Å². The van der Waals surface area contributed by atoms with Crippen molar-refractivity contribution in [2.75, 3.05) is 7.05 Å². The molecule has 1 aromatic rings. The van der Waals surface area contributed by atoms with Gasteiger partial charge in [-0.05, 0) is 37.8 Å². The predicted molar refractivity (Wildman–Crippen MR) is 81.0 cm³/mol. The first-order valence-electron chi connectivity index (χ1n) is 7.10. The summed E-state index contributed by atoms with van der Waals surface area (Å²) in [4.78, 5) is 13.6. The number of nitrogens with zero attached hydrogens (tertiary/aromatic N) is 1. The van der Waals surface area contributed by atoms with Crippen molar-refractivity contribution in [1.82, 2.24) is 4.90 Å². The van der Waals surface area contributed by atoms with Crippen LogP contribution < -0.4 is 5.73 Å². The van der Waals surface area contributed by atoms with Gasteiger partial charge >= 0.3 is 6.18 Å². The zero-order chi connectivity index (χ0) is 16.5. The van der Waals surface area contributed by atoms with Crippen LogP contribution in [0.3, 0.4) is 0 Å². The second-order valence-electron chi connectivity index (χ2n) is 5.65. The number of carbonyl (C=O) groups is 1. The molecule has 0 radical (unpaired) electrons. The van der Waals surface area contributed by atoms with E-state index in [2.05, 4.69) is 0 Å². The van der Waals surface area contributed by atoms with E-state index < -0.39 is 29.0 Å². The summed E-state index contributed by atoms with van der Waals surface area (Å²) in [6.07, 6.45) is -1.99. The van der Waals surface area contributed by atoms with Gasteiger partial charge in [-0.1, -0.05) is 6.07 Å². The molecule has 23 heavy (non-hydrogen) atoms. The van der Waals surface area contributed by atoms with Gasteiger partial charge in [0, 0.05) is 19.1 Å². The van der Waals surface area contributed by atoms with Crippen molar-refractivity contribution in [2.45, 2.75) is 43.9 Å². The largest absolute Gasteiger partial charge is 0.419 e. The molecular weight excluding hydrogens is 336 g/mol. The van der Waals surface area contributed by atoms with Gasteiger partial charge in [0.15, 0.2) is 0 Å². The molecule has 0 unspecified atom stereocenters. The third-order valence-corrected chi connectivity index (χ3v) is 4.14. The molecule has 0 spiro atoms. The summed E-state index contributed by atoms with van der Waals surface area (Å²) < 4.78 is 52.2. The lowest BCUT2D eigenvalue weighted by Crippen LogP contribution is -2.42. The van der Waals surface area contributed by atoms with Crippen LogP contribution in [-0.2, 0) is 6.18 Å². The van der Waals surface area contributed by atoms with Crippen molar-refractivity contribution in [3.63, 3.8) is 0 Å². The SMILES string of the molecule is CN(C(=O)c1cccc(C(F)(F)F)c1F)C1CCC(N)CC1.Cl. The number of benzene rings is 1. The van der Waals surface area contributed by atoms with Gasteiger partial charge in [0.1, 0.15) is 5.82 Å². The first-order valence-corrected chi connectivity index (χ1v) is 7.10. The van der Waals surface area contributed by atoms with Gasteiger partial charge in [0.25, 0.3) is 5.91 Å². The van der Waals surface area contributed by atoms with E-state index >= 15 is 0 Å². The van der Waals surface area contributed by atoms with Crippen LogP contribution in [0.4, 0.5) is 17.6 Å². The van der Waals surface area contributed by atoms with Gasteiger partial charge in [-0.3, -0.25) is 4.79 Å². The summed E-state index contributed by atoms with van der Waals surface area (Å²) >= 11 is 0. The highest BCUT2D eigenvalue weighted by atomic mass is 35.5. The van der Waals surface area contributed by atoms with Crippen LogP contribution in [0.25, 0.3) is 0 Å². The smallest absolute Gasteiger partial charge is 0.339 e. The van der Waals surface area contributed by atoms with Crippen LogP contribution in [-0.4, -0.2) is 29.9 Å². The number of carbonyl (C=O) groups excluding carboxylic acids is 1. The van der Waals surface area contributed by atoms with E-state index in [1.165, 1.54) is 11.9 Å². The number of alkyl halides is 3. The molecule has 1 aliphatic rings. The molecule has 1 amide bonds. The lowest BCUT2D eigenvalue weighted by atomic mass is 9.90. The van der Waals surface area contributed by atoms with Crippen molar-refractivity contribution < 1.29 is 22.4 Å². The zero-order valence-corrected chi connectivity index (χ0v) is 13.4. The average Bonchev–Trinajstić information content (AvgIpc) is 2.45. The minimum atomic E-state index is -4.82. The zero-order valence-electron chi connectivity index (χ0n) is 12.6. The van der Waals surface area contributed by atoms with E-state index in [-0.39, 0.29) is 24.5 Å². The van der Waals surface area contributed by atoms with E-state index in [4.69, 9.17) is 5.73 Å². The maximum absolute atomic E-state index is 14.0. The summed E-state index contributed by atoms with van der Waals surface area (Å²) in [5, 5.41) is 0. The molecule has 0 atom stereocenters. The van der Waals surface area contributed by atoms with Crippen LogP contribution in [0, 0.1) is 5.82 Å². The van der Waals surface area contributed by atoms with Crippen molar-refractivity contribution in [3.8, 4) is 0 Å². The highest BCUT2D eigenvalue weighted by Gasteiger charge is 2.36. The van der Waals surface area contributed by atoms with Gasteiger partial charge in [-0.15, -0.1) is 12.4 Å². The standard InChI is InChI=1S/C15H18F4N2O.ClH/c1-21(10-7-5-9(20)6-8-10)14(22)11-3-2-4-12(13(11)16)15(17,18)19;/h2-4,9-10H,5-8,20H2,1H3;1H. The molecule has 3 nitrogen and oxygen atoms in total. The topological polar surface area (TPSA) is 46.3 Å². The normalized spacial score (nSPS) is 21.5. The number of hydrogen-bond donors (Lipinski definition) is 1. The van der Waals surface area contributed by atoms with Gasteiger partial charge in [0.05, 0.1) is 11.1 Å². The fourth-order valence-corrected chi connectivity index (χ4v) is 2.76. The van der Waals surface area contributed by atoms with Gasteiger partial charge in [-0.25, -0.2) is 4.39 Å². The maximum Gasteiger partial charge on any atom is 0.419 e.